The van der Waals surface area contributed by atoms with E-state index in [1.807, 2.05) is 0 Å². The third kappa shape index (κ3) is 1.92. The van der Waals surface area contributed by atoms with Crippen molar-refractivity contribution in [3.63, 3.8) is 0 Å². The standard InChI is InChI=1S/C4H3NO3.Li.H/c6-4(7)3-5-1-2-8-3;;/h1-2H,(H,6,7);;/q;+1;-1. The molecule has 0 saturated heterocycles. The molecule has 0 amide bonds. The third-order valence-corrected chi connectivity index (χ3v) is 0.615. The second-order valence-corrected chi connectivity index (χ2v) is 1.14. The van der Waals surface area contributed by atoms with Crippen LogP contribution in [0.25, 0.3) is 0 Å². The summed E-state index contributed by atoms with van der Waals surface area (Å²) in [6, 6.07) is 0. The van der Waals surface area contributed by atoms with Crippen LogP contribution in [0.2, 0.25) is 0 Å². The Morgan fingerprint density at radius 2 is 2.56 bits per heavy atom. The Bertz CT molecular complexity index is 188. The molecule has 0 aromatic carbocycles. The number of hydrogen-bond acceptors (Lipinski definition) is 3. The fraction of sp³-hybridized carbons (Fsp3) is 0. The summed E-state index contributed by atoms with van der Waals surface area (Å²) in [7, 11) is 0. The number of oxazole rings is 1. The van der Waals surface area contributed by atoms with E-state index in [0.717, 1.165) is 0 Å². The molecule has 9 heavy (non-hydrogen) atoms. The molecule has 1 heterocycles. The summed E-state index contributed by atoms with van der Waals surface area (Å²) in [6.07, 6.45) is 2.49. The zero-order chi connectivity index (χ0) is 5.98. The first-order chi connectivity index (χ1) is 3.80. The molecule has 0 aliphatic carbocycles. The number of aromatic nitrogens is 1. The van der Waals surface area contributed by atoms with Gasteiger partial charge in [-0.05, 0) is 0 Å². The van der Waals surface area contributed by atoms with E-state index in [2.05, 4.69) is 9.40 Å². The molecule has 1 rings (SSSR count). The molecule has 0 aliphatic heterocycles. The van der Waals surface area contributed by atoms with Crippen molar-refractivity contribution in [3.8, 4) is 0 Å². The molecule has 1 aromatic heterocycles. The van der Waals surface area contributed by atoms with Gasteiger partial charge in [-0.3, -0.25) is 0 Å². The number of carbonyl (C=O) groups is 1. The van der Waals surface area contributed by atoms with Crippen LogP contribution >= 0.6 is 0 Å². The van der Waals surface area contributed by atoms with Gasteiger partial charge >= 0.3 is 30.7 Å². The molecule has 0 fully saturated rings. The van der Waals surface area contributed by atoms with Crippen LogP contribution < -0.4 is 18.9 Å². The maximum Gasteiger partial charge on any atom is 1.00 e. The normalized spacial score (nSPS) is 8.00. The van der Waals surface area contributed by atoms with E-state index in [1.165, 1.54) is 12.5 Å². The minimum Gasteiger partial charge on any atom is -1.00 e. The van der Waals surface area contributed by atoms with Crippen LogP contribution in [0, 0.1) is 0 Å². The Labute approximate surface area is 64.5 Å². The summed E-state index contributed by atoms with van der Waals surface area (Å²) in [4.78, 5) is 13.3. The van der Waals surface area contributed by atoms with Crippen LogP contribution in [-0.4, -0.2) is 16.1 Å². The van der Waals surface area contributed by atoms with Crippen LogP contribution in [0.1, 0.15) is 12.1 Å². The van der Waals surface area contributed by atoms with Crippen LogP contribution in [0.15, 0.2) is 16.9 Å². The van der Waals surface area contributed by atoms with Crippen LogP contribution in [0.4, 0.5) is 0 Å². The molecule has 0 bridgehead atoms. The zero-order valence-corrected chi connectivity index (χ0v) is 4.87. The first-order valence-corrected chi connectivity index (χ1v) is 1.93. The average Bonchev–Trinajstić information content (AvgIpc) is 2.12. The molecule has 0 unspecified atom stereocenters. The number of nitrogens with zero attached hydrogens (tertiary/aromatic N) is 1. The fourth-order valence-electron chi connectivity index (χ4n) is 0.329. The average molecular weight is 121 g/mol. The van der Waals surface area contributed by atoms with E-state index >= 15 is 0 Å². The second-order valence-electron chi connectivity index (χ2n) is 1.14. The summed E-state index contributed by atoms with van der Waals surface area (Å²) in [5.41, 5.74) is 0. The van der Waals surface area contributed by atoms with Crippen molar-refractivity contribution in [1.29, 1.82) is 0 Å². The van der Waals surface area contributed by atoms with Crippen molar-refractivity contribution in [2.24, 2.45) is 0 Å². The van der Waals surface area contributed by atoms with Gasteiger partial charge < -0.3 is 11.0 Å². The molecule has 0 radical (unpaired) electrons. The van der Waals surface area contributed by atoms with Crippen molar-refractivity contribution in [3.05, 3.63) is 18.4 Å². The van der Waals surface area contributed by atoms with Crippen molar-refractivity contribution >= 4 is 5.97 Å². The number of rotatable bonds is 1. The van der Waals surface area contributed by atoms with Crippen molar-refractivity contribution in [2.45, 2.75) is 0 Å². The van der Waals surface area contributed by atoms with Gasteiger partial charge in [0.05, 0.1) is 6.20 Å². The van der Waals surface area contributed by atoms with Gasteiger partial charge in [-0.2, -0.15) is 0 Å². The largest absolute Gasteiger partial charge is 1.00 e. The van der Waals surface area contributed by atoms with Crippen LogP contribution in [0.5, 0.6) is 0 Å². The molecule has 1 N–H and O–H groups in total. The van der Waals surface area contributed by atoms with Crippen LogP contribution in [-0.2, 0) is 0 Å². The number of carboxylic acid groups (broad SMARTS) is 1. The fourth-order valence-corrected chi connectivity index (χ4v) is 0.329. The minimum absolute atomic E-state index is 0. The Morgan fingerprint density at radius 3 is 2.78 bits per heavy atom. The van der Waals surface area contributed by atoms with E-state index in [9.17, 15) is 4.79 Å². The molecule has 0 aliphatic rings. The predicted octanol–water partition coefficient (Wildman–Crippen LogP) is -2.51. The van der Waals surface area contributed by atoms with Gasteiger partial charge in [0.15, 0.2) is 0 Å². The van der Waals surface area contributed by atoms with Gasteiger partial charge in [0.2, 0.25) is 0 Å². The van der Waals surface area contributed by atoms with E-state index in [-0.39, 0.29) is 26.2 Å². The number of aromatic carboxylic acids is 1. The zero-order valence-electron chi connectivity index (χ0n) is 5.87. The molecule has 1 aromatic rings. The maximum absolute atomic E-state index is 9.91. The first-order valence-electron chi connectivity index (χ1n) is 1.93. The quantitative estimate of drug-likeness (QED) is 0.417. The molecule has 0 spiro atoms. The smallest absolute Gasteiger partial charge is 1.00 e. The summed E-state index contributed by atoms with van der Waals surface area (Å²) in [5, 5.41) is 8.12. The number of carboxylic acids is 1. The molecule has 44 valence electrons. The molecular formula is C4H4LiNO3. The van der Waals surface area contributed by atoms with Gasteiger partial charge in [0.1, 0.15) is 6.26 Å². The van der Waals surface area contributed by atoms with E-state index in [1.54, 1.807) is 0 Å². The van der Waals surface area contributed by atoms with E-state index < -0.39 is 5.97 Å². The van der Waals surface area contributed by atoms with Gasteiger partial charge in [0.25, 0.3) is 0 Å². The summed E-state index contributed by atoms with van der Waals surface area (Å²) < 4.78 is 4.38. The topological polar surface area (TPSA) is 63.3 Å². The van der Waals surface area contributed by atoms with Crippen molar-refractivity contribution in [1.82, 2.24) is 4.98 Å². The van der Waals surface area contributed by atoms with Gasteiger partial charge in [0, 0.05) is 0 Å². The first kappa shape index (κ1) is 8.28. The Kier molecular flexibility index (Phi) is 3.06. The van der Waals surface area contributed by atoms with Gasteiger partial charge in [-0.1, -0.05) is 0 Å². The molecular weight excluding hydrogens is 117 g/mol. The van der Waals surface area contributed by atoms with E-state index in [4.69, 9.17) is 5.11 Å². The van der Waals surface area contributed by atoms with Crippen LogP contribution in [0.3, 0.4) is 0 Å². The monoisotopic (exact) mass is 121 g/mol. The van der Waals surface area contributed by atoms with Gasteiger partial charge in [-0.15, -0.1) is 0 Å². The van der Waals surface area contributed by atoms with E-state index in [0.29, 0.717) is 0 Å². The predicted molar refractivity (Wildman–Crippen MR) is 24.6 cm³/mol. The molecule has 0 saturated carbocycles. The maximum atomic E-state index is 9.91. The summed E-state index contributed by atoms with van der Waals surface area (Å²) in [6.45, 7) is 0. The van der Waals surface area contributed by atoms with Crippen molar-refractivity contribution in [2.75, 3.05) is 0 Å². The molecule has 0 atom stereocenters. The molecule has 5 heteroatoms. The Morgan fingerprint density at radius 1 is 1.89 bits per heavy atom. The van der Waals surface area contributed by atoms with Gasteiger partial charge in [-0.25, -0.2) is 9.78 Å². The molecule has 4 nitrogen and oxygen atoms in total. The summed E-state index contributed by atoms with van der Waals surface area (Å²) >= 11 is 0. The summed E-state index contributed by atoms with van der Waals surface area (Å²) in [5.74, 6) is -1.42. The Balaban J connectivity index is 0. The third-order valence-electron chi connectivity index (χ3n) is 0.615. The van der Waals surface area contributed by atoms with Crippen molar-refractivity contribution < 1.29 is 34.6 Å². The SMILES string of the molecule is O=C(O)c1ncco1.[H-].[Li+]. The minimum atomic E-state index is -1.14. The number of hydrogen-bond donors (Lipinski definition) is 1. The second kappa shape index (κ2) is 3.33. The Hall–Kier alpha value is -0.723.